The van der Waals surface area contributed by atoms with E-state index in [1.165, 1.54) is 0 Å². The summed E-state index contributed by atoms with van der Waals surface area (Å²) in [5.41, 5.74) is 2.68. The van der Waals surface area contributed by atoms with Gasteiger partial charge in [-0.1, -0.05) is 6.92 Å². The molecule has 1 unspecified atom stereocenters. The van der Waals surface area contributed by atoms with Crippen LogP contribution in [0.4, 0.5) is 0 Å². The smallest absolute Gasteiger partial charge is 0.151 e. The summed E-state index contributed by atoms with van der Waals surface area (Å²) in [6, 6.07) is 0. The molecule has 1 aliphatic rings. The van der Waals surface area contributed by atoms with E-state index in [0.29, 0.717) is 6.23 Å². The van der Waals surface area contributed by atoms with Crippen molar-refractivity contribution in [1.29, 1.82) is 0 Å². The van der Waals surface area contributed by atoms with Crippen LogP contribution < -0.4 is 5.48 Å². The number of hydroxylamine groups is 1. The third kappa shape index (κ3) is 1.60. The maximum absolute atomic E-state index is 4.61. The largest absolute Gasteiger partial charge is 0.278 e. The van der Waals surface area contributed by atoms with E-state index in [1.54, 1.807) is 0 Å². The van der Waals surface area contributed by atoms with Gasteiger partial charge in [0.1, 0.15) is 0 Å². The first kappa shape index (κ1) is 6.21. The van der Waals surface area contributed by atoms with Crippen molar-refractivity contribution in [2.45, 2.75) is 19.6 Å². The fourth-order valence-corrected chi connectivity index (χ4v) is 0.215. The molecule has 1 heterocycles. The van der Waals surface area contributed by atoms with Gasteiger partial charge in [0.25, 0.3) is 0 Å². The highest BCUT2D eigenvalue weighted by atomic mass is 35.5. The minimum Gasteiger partial charge on any atom is -0.278 e. The minimum absolute atomic E-state index is 0. The van der Waals surface area contributed by atoms with E-state index in [0.717, 1.165) is 6.42 Å². The molecule has 1 rings (SSSR count). The van der Waals surface area contributed by atoms with Gasteiger partial charge in [0.05, 0.1) is 0 Å². The van der Waals surface area contributed by atoms with Crippen molar-refractivity contribution in [3.05, 3.63) is 0 Å². The van der Waals surface area contributed by atoms with Gasteiger partial charge in [-0.3, -0.25) is 4.84 Å². The maximum atomic E-state index is 4.61. The zero-order valence-electron chi connectivity index (χ0n) is 3.60. The summed E-state index contributed by atoms with van der Waals surface area (Å²) in [6.45, 7) is 2.07. The van der Waals surface area contributed by atoms with Crippen molar-refractivity contribution in [3.8, 4) is 0 Å². The summed E-state index contributed by atoms with van der Waals surface area (Å²) in [4.78, 5) is 4.61. The van der Waals surface area contributed by atoms with E-state index in [4.69, 9.17) is 0 Å². The Labute approximate surface area is 43.2 Å². The van der Waals surface area contributed by atoms with Crippen molar-refractivity contribution in [2.75, 3.05) is 0 Å². The Bertz CT molecular complexity index is 37.8. The summed E-state index contributed by atoms with van der Waals surface area (Å²) >= 11 is 0. The normalized spacial score (nSPS) is 28.5. The number of halogens is 1. The van der Waals surface area contributed by atoms with Gasteiger partial charge >= 0.3 is 0 Å². The van der Waals surface area contributed by atoms with Gasteiger partial charge < -0.3 is 0 Å². The van der Waals surface area contributed by atoms with E-state index < -0.39 is 0 Å². The van der Waals surface area contributed by atoms with Crippen LogP contribution in [-0.4, -0.2) is 6.23 Å². The molecule has 2 nitrogen and oxygen atoms in total. The summed E-state index contributed by atoms with van der Waals surface area (Å²) in [6.07, 6.45) is 1.47. The lowest BCUT2D eigenvalue weighted by Gasteiger charge is -1.66. The third-order valence-corrected chi connectivity index (χ3v) is 0.655. The topological polar surface area (TPSA) is 34.5 Å². The van der Waals surface area contributed by atoms with Crippen LogP contribution in [0.1, 0.15) is 13.3 Å². The van der Waals surface area contributed by atoms with E-state index in [1.807, 2.05) is 0 Å². The molecule has 3 heteroatoms. The van der Waals surface area contributed by atoms with Crippen LogP contribution in [0.3, 0.4) is 0 Å². The lowest BCUT2D eigenvalue weighted by atomic mass is 10.5. The molecule has 0 amide bonds. The van der Waals surface area contributed by atoms with Gasteiger partial charge in [0.15, 0.2) is 6.23 Å². The first-order valence-electron chi connectivity index (χ1n) is 1.84. The Hall–Kier alpha value is 0.210. The Morgan fingerprint density at radius 1 is 1.83 bits per heavy atom. The Kier molecular flexibility index (Phi) is 2.48. The second-order valence-corrected chi connectivity index (χ2v) is 1.13. The van der Waals surface area contributed by atoms with E-state index >= 15 is 0 Å². The molecule has 1 saturated heterocycles. The van der Waals surface area contributed by atoms with Gasteiger partial charge in [-0.25, -0.2) is 0 Å². The quantitative estimate of drug-likeness (QED) is 0.503. The predicted octanol–water partition coefficient (Wildman–Crippen LogP) is 0.679. The van der Waals surface area contributed by atoms with Crippen LogP contribution in [0.5, 0.6) is 0 Å². The fraction of sp³-hybridized carbons (Fsp3) is 1.00. The molecular formula is C3H8ClNO. The molecule has 6 heavy (non-hydrogen) atoms. The van der Waals surface area contributed by atoms with Gasteiger partial charge in [-0.15, -0.1) is 12.4 Å². The van der Waals surface area contributed by atoms with Crippen molar-refractivity contribution in [1.82, 2.24) is 5.48 Å². The molecule has 38 valence electrons. The first-order valence-corrected chi connectivity index (χ1v) is 1.84. The number of hydrogen-bond acceptors (Lipinski definition) is 2. The van der Waals surface area contributed by atoms with Gasteiger partial charge in [0.2, 0.25) is 0 Å². The molecule has 1 N–H and O–H groups in total. The van der Waals surface area contributed by atoms with E-state index in [-0.39, 0.29) is 12.4 Å². The maximum Gasteiger partial charge on any atom is 0.151 e. The van der Waals surface area contributed by atoms with Crippen LogP contribution in [0.25, 0.3) is 0 Å². The Morgan fingerprint density at radius 3 is 2.33 bits per heavy atom. The van der Waals surface area contributed by atoms with Crippen molar-refractivity contribution >= 4 is 12.4 Å². The lowest BCUT2D eigenvalue weighted by molar-refractivity contribution is 0.367. The van der Waals surface area contributed by atoms with Crippen molar-refractivity contribution in [2.24, 2.45) is 0 Å². The van der Waals surface area contributed by atoms with Crippen LogP contribution in [0.15, 0.2) is 0 Å². The standard InChI is InChI=1S/C3H7NO.ClH/c1-2-3-4-5-3;/h3-4H,2H2,1H3;1H. The molecule has 0 radical (unpaired) electrons. The molecule has 0 aromatic rings. The van der Waals surface area contributed by atoms with Crippen molar-refractivity contribution in [3.63, 3.8) is 0 Å². The molecule has 0 aliphatic carbocycles. The lowest BCUT2D eigenvalue weighted by Crippen LogP contribution is -1.81. The number of hydrogen-bond donors (Lipinski definition) is 1. The summed E-state index contributed by atoms with van der Waals surface area (Å²) in [7, 11) is 0. The molecule has 0 bridgehead atoms. The predicted molar refractivity (Wildman–Crippen MR) is 25.5 cm³/mol. The molecule has 1 fully saturated rings. The third-order valence-electron chi connectivity index (χ3n) is 0.655. The highest BCUT2D eigenvalue weighted by Gasteiger charge is 2.17. The summed E-state index contributed by atoms with van der Waals surface area (Å²) in [5.74, 6) is 0. The minimum atomic E-state index is 0. The SMILES string of the molecule is CCC1NO1.Cl. The van der Waals surface area contributed by atoms with Gasteiger partial charge in [-0.2, -0.15) is 5.48 Å². The zero-order valence-corrected chi connectivity index (χ0v) is 4.42. The Morgan fingerprint density at radius 2 is 2.33 bits per heavy atom. The molecule has 0 saturated carbocycles. The van der Waals surface area contributed by atoms with Crippen LogP contribution in [-0.2, 0) is 4.84 Å². The molecular weight excluding hydrogens is 101 g/mol. The molecule has 1 aliphatic heterocycles. The summed E-state index contributed by atoms with van der Waals surface area (Å²) in [5, 5.41) is 0. The highest BCUT2D eigenvalue weighted by molar-refractivity contribution is 5.85. The van der Waals surface area contributed by atoms with Gasteiger partial charge in [-0.05, 0) is 6.42 Å². The van der Waals surface area contributed by atoms with Crippen LogP contribution in [0, 0.1) is 0 Å². The summed E-state index contributed by atoms with van der Waals surface area (Å²) < 4.78 is 0. The van der Waals surface area contributed by atoms with E-state index in [2.05, 4.69) is 17.2 Å². The average molecular weight is 110 g/mol. The molecule has 0 aromatic carbocycles. The second kappa shape index (κ2) is 2.39. The highest BCUT2D eigenvalue weighted by Crippen LogP contribution is 2.01. The Balaban J connectivity index is 0.000000250. The second-order valence-electron chi connectivity index (χ2n) is 1.13. The average Bonchev–Trinajstić information content (AvgIpc) is 2.12. The molecule has 0 spiro atoms. The molecule has 1 atom stereocenters. The van der Waals surface area contributed by atoms with Crippen LogP contribution >= 0.6 is 12.4 Å². The van der Waals surface area contributed by atoms with E-state index in [9.17, 15) is 0 Å². The number of rotatable bonds is 1. The first-order chi connectivity index (χ1) is 2.43. The monoisotopic (exact) mass is 109 g/mol. The fourth-order valence-electron chi connectivity index (χ4n) is 0.215. The molecule has 0 aromatic heterocycles. The van der Waals surface area contributed by atoms with Gasteiger partial charge in [0, 0.05) is 0 Å². The zero-order chi connectivity index (χ0) is 3.70. The van der Waals surface area contributed by atoms with Crippen LogP contribution in [0.2, 0.25) is 0 Å². The van der Waals surface area contributed by atoms with Crippen molar-refractivity contribution < 1.29 is 4.84 Å². The number of nitrogens with one attached hydrogen (secondary N) is 1.